The first-order valence-electron chi connectivity index (χ1n) is 7.36. The van der Waals surface area contributed by atoms with Crippen LogP contribution in [-0.2, 0) is 5.60 Å². The van der Waals surface area contributed by atoms with E-state index in [-0.39, 0.29) is 5.60 Å². The van der Waals surface area contributed by atoms with Crippen LogP contribution in [0.4, 0.5) is 5.13 Å². The Labute approximate surface area is 127 Å². The maximum absolute atomic E-state index is 6.48. The van der Waals surface area contributed by atoms with E-state index < -0.39 is 0 Å². The molecule has 1 saturated carbocycles. The Hall–Kier alpha value is -1.75. The van der Waals surface area contributed by atoms with Crippen LogP contribution in [0.25, 0.3) is 11.3 Å². The standard InChI is InChI=1S/C16H18N2O2S/c1-19-10-5-6-11-12(9-10)20-16(7-3-2-4-8-16)14-13(11)18-15(17)21-14/h5-6,9H,2-4,7-8H2,1H3,(H2,17,18). The van der Waals surface area contributed by atoms with E-state index in [1.165, 1.54) is 24.1 Å². The van der Waals surface area contributed by atoms with Crippen molar-refractivity contribution < 1.29 is 9.47 Å². The van der Waals surface area contributed by atoms with Crippen molar-refractivity contribution in [3.63, 3.8) is 0 Å². The molecule has 0 bridgehead atoms. The third-order valence-electron chi connectivity index (χ3n) is 4.47. The van der Waals surface area contributed by atoms with Gasteiger partial charge in [0.25, 0.3) is 0 Å². The normalized spacial score (nSPS) is 18.7. The molecule has 4 nitrogen and oxygen atoms in total. The monoisotopic (exact) mass is 302 g/mol. The van der Waals surface area contributed by atoms with Crippen molar-refractivity contribution in [3.8, 4) is 22.8 Å². The number of hydrogen-bond donors (Lipinski definition) is 1. The molecule has 4 rings (SSSR count). The van der Waals surface area contributed by atoms with Crippen LogP contribution >= 0.6 is 11.3 Å². The van der Waals surface area contributed by atoms with Gasteiger partial charge < -0.3 is 15.2 Å². The lowest BCUT2D eigenvalue weighted by Gasteiger charge is -2.40. The van der Waals surface area contributed by atoms with Gasteiger partial charge in [0.15, 0.2) is 5.13 Å². The zero-order chi connectivity index (χ0) is 14.4. The van der Waals surface area contributed by atoms with E-state index >= 15 is 0 Å². The van der Waals surface area contributed by atoms with Gasteiger partial charge in [-0.15, -0.1) is 0 Å². The number of anilines is 1. The summed E-state index contributed by atoms with van der Waals surface area (Å²) in [6.45, 7) is 0. The minimum Gasteiger partial charge on any atom is -0.497 e. The fourth-order valence-corrected chi connectivity index (χ4v) is 4.48. The number of thiazole rings is 1. The van der Waals surface area contributed by atoms with Crippen LogP contribution in [0.1, 0.15) is 37.0 Å². The highest BCUT2D eigenvalue weighted by Crippen LogP contribution is 2.53. The van der Waals surface area contributed by atoms with Crippen LogP contribution in [0.3, 0.4) is 0 Å². The van der Waals surface area contributed by atoms with Crippen molar-refractivity contribution in [2.45, 2.75) is 37.7 Å². The van der Waals surface area contributed by atoms with E-state index in [1.807, 2.05) is 18.2 Å². The van der Waals surface area contributed by atoms with Gasteiger partial charge >= 0.3 is 0 Å². The molecule has 2 aliphatic rings. The Bertz CT molecular complexity index is 690. The number of ether oxygens (including phenoxy) is 2. The first-order valence-corrected chi connectivity index (χ1v) is 8.18. The average molecular weight is 302 g/mol. The predicted molar refractivity (Wildman–Crippen MR) is 83.9 cm³/mol. The van der Waals surface area contributed by atoms with Crippen molar-refractivity contribution >= 4 is 16.5 Å². The smallest absolute Gasteiger partial charge is 0.180 e. The van der Waals surface area contributed by atoms with Crippen molar-refractivity contribution in [1.29, 1.82) is 0 Å². The van der Waals surface area contributed by atoms with Crippen LogP contribution in [0.15, 0.2) is 18.2 Å². The summed E-state index contributed by atoms with van der Waals surface area (Å²) in [5.74, 6) is 1.68. The summed E-state index contributed by atoms with van der Waals surface area (Å²) in [4.78, 5) is 5.78. The van der Waals surface area contributed by atoms with E-state index in [1.54, 1.807) is 18.4 Å². The quantitative estimate of drug-likeness (QED) is 0.866. The van der Waals surface area contributed by atoms with E-state index in [0.717, 1.165) is 35.6 Å². The summed E-state index contributed by atoms with van der Waals surface area (Å²) in [6.07, 6.45) is 5.74. The molecule has 0 unspecified atom stereocenters. The van der Waals surface area contributed by atoms with Crippen LogP contribution in [0, 0.1) is 0 Å². The number of fused-ring (bicyclic) bond motifs is 4. The van der Waals surface area contributed by atoms with Gasteiger partial charge in [-0.1, -0.05) is 17.8 Å². The summed E-state index contributed by atoms with van der Waals surface area (Å²) in [5, 5.41) is 0.622. The second kappa shape index (κ2) is 4.63. The van der Waals surface area contributed by atoms with Crippen molar-refractivity contribution in [3.05, 3.63) is 23.1 Å². The maximum atomic E-state index is 6.48. The van der Waals surface area contributed by atoms with Gasteiger partial charge in [-0.2, -0.15) is 0 Å². The lowest BCUT2D eigenvalue weighted by atomic mass is 9.80. The number of nitrogen functional groups attached to an aromatic ring is 1. The lowest BCUT2D eigenvalue weighted by Crippen LogP contribution is -2.37. The van der Waals surface area contributed by atoms with Crippen molar-refractivity contribution in [1.82, 2.24) is 4.98 Å². The number of hydrogen-bond acceptors (Lipinski definition) is 5. The lowest BCUT2D eigenvalue weighted by molar-refractivity contribution is 0.0271. The third-order valence-corrected chi connectivity index (χ3v) is 5.54. The fraction of sp³-hybridized carbons (Fsp3) is 0.438. The third kappa shape index (κ3) is 1.91. The first-order chi connectivity index (χ1) is 10.2. The SMILES string of the molecule is COc1ccc2c(c1)OC1(CCCCC1)c1sc(N)nc1-2. The molecule has 2 aromatic rings. The highest BCUT2D eigenvalue weighted by molar-refractivity contribution is 7.16. The maximum Gasteiger partial charge on any atom is 0.180 e. The van der Waals surface area contributed by atoms with Crippen LogP contribution in [0.2, 0.25) is 0 Å². The summed E-state index contributed by atoms with van der Waals surface area (Å²) < 4.78 is 11.8. The molecule has 0 amide bonds. The van der Waals surface area contributed by atoms with E-state index in [0.29, 0.717) is 5.13 Å². The first kappa shape index (κ1) is 13.0. The summed E-state index contributed by atoms with van der Waals surface area (Å²) >= 11 is 1.58. The molecular weight excluding hydrogens is 284 g/mol. The topological polar surface area (TPSA) is 57.4 Å². The van der Waals surface area contributed by atoms with Crippen molar-refractivity contribution in [2.24, 2.45) is 0 Å². The zero-order valence-corrected chi connectivity index (χ0v) is 12.8. The fourth-order valence-electron chi connectivity index (χ4n) is 3.45. The molecule has 2 heterocycles. The van der Waals surface area contributed by atoms with Crippen LogP contribution < -0.4 is 15.2 Å². The number of nitrogens with two attached hydrogens (primary N) is 1. The summed E-state index contributed by atoms with van der Waals surface area (Å²) in [5.41, 5.74) is 7.78. The molecule has 5 heteroatoms. The minimum atomic E-state index is -0.234. The molecule has 21 heavy (non-hydrogen) atoms. The molecule has 0 atom stereocenters. The van der Waals surface area contributed by atoms with Gasteiger partial charge in [-0.3, -0.25) is 0 Å². The summed E-state index contributed by atoms with van der Waals surface area (Å²) in [6, 6.07) is 5.92. The Kier molecular flexibility index (Phi) is 2.85. The molecule has 0 saturated heterocycles. The number of benzene rings is 1. The molecule has 1 aromatic heterocycles. The number of nitrogens with zero attached hydrogens (tertiary/aromatic N) is 1. The molecular formula is C16H18N2O2S. The largest absolute Gasteiger partial charge is 0.497 e. The van der Waals surface area contributed by atoms with Crippen LogP contribution in [0.5, 0.6) is 11.5 Å². The molecule has 0 radical (unpaired) electrons. The van der Waals surface area contributed by atoms with Crippen molar-refractivity contribution in [2.75, 3.05) is 12.8 Å². The van der Waals surface area contributed by atoms with E-state index in [9.17, 15) is 0 Å². The molecule has 110 valence electrons. The van der Waals surface area contributed by atoms with Crippen LogP contribution in [-0.4, -0.2) is 12.1 Å². The molecule has 2 N–H and O–H groups in total. The Morgan fingerprint density at radius 3 is 2.86 bits per heavy atom. The molecule has 1 aliphatic heterocycles. The average Bonchev–Trinajstić information content (AvgIpc) is 2.90. The summed E-state index contributed by atoms with van der Waals surface area (Å²) in [7, 11) is 1.67. The predicted octanol–water partition coefficient (Wildman–Crippen LogP) is 3.95. The van der Waals surface area contributed by atoms with Gasteiger partial charge in [0.2, 0.25) is 0 Å². The second-order valence-corrected chi connectivity index (χ2v) is 6.78. The highest BCUT2D eigenvalue weighted by Gasteiger charge is 2.44. The molecule has 1 aromatic carbocycles. The van der Waals surface area contributed by atoms with E-state index in [4.69, 9.17) is 15.2 Å². The van der Waals surface area contributed by atoms with Gasteiger partial charge in [0.05, 0.1) is 17.7 Å². The number of aromatic nitrogens is 1. The second-order valence-electron chi connectivity index (χ2n) is 5.75. The van der Waals surface area contributed by atoms with Gasteiger partial charge in [0, 0.05) is 11.6 Å². The highest BCUT2D eigenvalue weighted by atomic mass is 32.1. The van der Waals surface area contributed by atoms with E-state index in [2.05, 4.69) is 4.98 Å². The Morgan fingerprint density at radius 1 is 1.29 bits per heavy atom. The number of rotatable bonds is 1. The van der Waals surface area contributed by atoms with Gasteiger partial charge in [-0.05, 0) is 37.8 Å². The minimum absolute atomic E-state index is 0.234. The van der Waals surface area contributed by atoms with Gasteiger partial charge in [-0.25, -0.2) is 4.98 Å². The molecule has 1 aliphatic carbocycles. The Morgan fingerprint density at radius 2 is 2.10 bits per heavy atom. The Balaban J connectivity index is 1.91. The zero-order valence-electron chi connectivity index (χ0n) is 12.0. The number of methoxy groups -OCH3 is 1. The molecule has 1 spiro atoms. The molecule has 1 fully saturated rings. The van der Waals surface area contributed by atoms with Gasteiger partial charge in [0.1, 0.15) is 17.1 Å².